The summed E-state index contributed by atoms with van der Waals surface area (Å²) in [4.78, 5) is 8.16. The molecule has 0 saturated heterocycles. The van der Waals surface area contributed by atoms with Crippen LogP contribution >= 0.6 is 22.9 Å². The van der Waals surface area contributed by atoms with Crippen LogP contribution in [-0.2, 0) is 6.54 Å². The first kappa shape index (κ1) is 21.2. The van der Waals surface area contributed by atoms with Crippen molar-refractivity contribution in [3.05, 3.63) is 62.5 Å². The average Bonchev–Trinajstić information content (AvgIpc) is 3.07. The third-order valence-corrected chi connectivity index (χ3v) is 6.37. The van der Waals surface area contributed by atoms with E-state index in [1.54, 1.807) is 18.4 Å². The van der Waals surface area contributed by atoms with E-state index in [0.717, 1.165) is 32.6 Å². The molecule has 0 aliphatic rings. The van der Waals surface area contributed by atoms with Gasteiger partial charge in [-0.05, 0) is 62.1 Å². The average molecular weight is 425 g/mol. The number of aryl methyl sites for hydroxylation is 4. The highest BCUT2D eigenvalue weighted by molar-refractivity contribution is 7.16. The Morgan fingerprint density at radius 3 is 2.52 bits per heavy atom. The molecule has 0 bridgehead atoms. The Bertz CT molecular complexity index is 1080. The second-order valence-electron chi connectivity index (χ2n) is 7.18. The quantitative estimate of drug-likeness (QED) is 0.431. The van der Waals surface area contributed by atoms with E-state index in [-0.39, 0.29) is 0 Å². The van der Waals surface area contributed by atoms with E-state index in [0.29, 0.717) is 18.1 Å². The van der Waals surface area contributed by atoms with Gasteiger partial charge in [0.1, 0.15) is 5.75 Å². The fourth-order valence-electron chi connectivity index (χ4n) is 3.26. The van der Waals surface area contributed by atoms with Crippen molar-refractivity contribution < 1.29 is 4.74 Å². The van der Waals surface area contributed by atoms with Gasteiger partial charge in [-0.2, -0.15) is 0 Å². The summed E-state index contributed by atoms with van der Waals surface area (Å²) in [5.41, 5.74) is 6.61. The number of anilines is 1. The molecule has 2 aromatic carbocycles. The van der Waals surface area contributed by atoms with Crippen LogP contribution in [0.25, 0.3) is 11.3 Å². The molecule has 0 N–H and O–H groups in total. The molecule has 0 atom stereocenters. The minimum Gasteiger partial charge on any atom is -0.496 e. The highest BCUT2D eigenvalue weighted by Gasteiger charge is 2.18. The molecule has 150 valence electrons. The molecule has 1 heterocycles. The predicted molar refractivity (Wildman–Crippen MR) is 124 cm³/mol. The summed E-state index contributed by atoms with van der Waals surface area (Å²) in [6.45, 7) is 9.53. The molecule has 0 aliphatic heterocycles. The Kier molecular flexibility index (Phi) is 6.52. The van der Waals surface area contributed by atoms with Gasteiger partial charge in [0.15, 0.2) is 5.13 Å². The normalized spacial score (nSPS) is 10.7. The Balaban J connectivity index is 1.97. The highest BCUT2D eigenvalue weighted by Crippen LogP contribution is 2.39. The van der Waals surface area contributed by atoms with Crippen LogP contribution in [0.15, 0.2) is 30.3 Å². The van der Waals surface area contributed by atoms with Crippen molar-refractivity contribution in [2.75, 3.05) is 18.6 Å². The molecule has 3 aromatic rings. The lowest BCUT2D eigenvalue weighted by atomic mass is 10.1. The topological polar surface area (TPSA) is 25.4 Å². The smallest absolute Gasteiger partial charge is 0.187 e. The zero-order valence-electron chi connectivity index (χ0n) is 17.5. The van der Waals surface area contributed by atoms with Crippen molar-refractivity contribution in [3.8, 4) is 29.4 Å². The van der Waals surface area contributed by atoms with Crippen LogP contribution in [0.4, 0.5) is 5.13 Å². The third kappa shape index (κ3) is 4.58. The first-order chi connectivity index (χ1) is 13.8. The van der Waals surface area contributed by atoms with E-state index in [2.05, 4.69) is 49.8 Å². The predicted octanol–water partition coefficient (Wildman–Crippen LogP) is 6.35. The van der Waals surface area contributed by atoms with Crippen molar-refractivity contribution in [2.24, 2.45) is 0 Å². The fourth-order valence-corrected chi connectivity index (χ4v) is 4.42. The molecule has 0 fully saturated rings. The number of rotatable bonds is 6. The number of aromatic nitrogens is 1. The van der Waals surface area contributed by atoms with Crippen molar-refractivity contribution >= 4 is 28.1 Å². The van der Waals surface area contributed by atoms with Gasteiger partial charge < -0.3 is 9.64 Å². The summed E-state index contributed by atoms with van der Waals surface area (Å²) in [5, 5.41) is 1.53. The van der Waals surface area contributed by atoms with Crippen LogP contribution in [0.5, 0.6) is 5.75 Å². The monoisotopic (exact) mass is 424 g/mol. The molecule has 3 nitrogen and oxygen atoms in total. The van der Waals surface area contributed by atoms with E-state index >= 15 is 0 Å². The van der Waals surface area contributed by atoms with Gasteiger partial charge in [-0.15, -0.1) is 17.8 Å². The van der Waals surface area contributed by atoms with Gasteiger partial charge in [0.05, 0.1) is 24.4 Å². The maximum Gasteiger partial charge on any atom is 0.187 e. The maximum absolute atomic E-state index is 6.54. The standard InChI is InChI=1S/C24H25ClN2OS/c1-7-10-27(14-19-9-8-15(2)16(3)11-19)24-26-23(18(5)29-24)20-12-17(4)22(28-6)13-21(20)25/h1,8-9,11-13H,10,14H2,2-6H3. The van der Waals surface area contributed by atoms with Gasteiger partial charge in [0.25, 0.3) is 0 Å². The molecule has 29 heavy (non-hydrogen) atoms. The zero-order chi connectivity index (χ0) is 21.1. The van der Waals surface area contributed by atoms with Crippen molar-refractivity contribution in [1.82, 2.24) is 4.98 Å². The van der Waals surface area contributed by atoms with Gasteiger partial charge in [0.2, 0.25) is 0 Å². The van der Waals surface area contributed by atoms with Crippen LogP contribution in [0.1, 0.15) is 27.1 Å². The molecular formula is C24H25ClN2OS. The number of ether oxygens (including phenoxy) is 1. The molecule has 5 heteroatoms. The van der Waals surface area contributed by atoms with Crippen LogP contribution in [-0.4, -0.2) is 18.6 Å². The zero-order valence-corrected chi connectivity index (χ0v) is 19.0. The molecule has 0 amide bonds. The number of hydrogen-bond acceptors (Lipinski definition) is 4. The van der Waals surface area contributed by atoms with Gasteiger partial charge in [-0.25, -0.2) is 4.98 Å². The highest BCUT2D eigenvalue weighted by atomic mass is 35.5. The molecular weight excluding hydrogens is 400 g/mol. The summed E-state index contributed by atoms with van der Waals surface area (Å²) in [7, 11) is 1.65. The number of thiazole rings is 1. The Labute approximate surface area is 182 Å². The maximum atomic E-state index is 6.54. The second-order valence-corrected chi connectivity index (χ2v) is 8.77. The van der Waals surface area contributed by atoms with E-state index in [1.165, 1.54) is 16.7 Å². The SMILES string of the molecule is C#CCN(Cc1ccc(C)c(C)c1)c1nc(-c2cc(C)c(OC)cc2Cl)c(C)s1. The molecule has 0 aliphatic carbocycles. The molecule has 0 saturated carbocycles. The van der Waals surface area contributed by atoms with E-state index in [9.17, 15) is 0 Å². The molecule has 0 radical (unpaired) electrons. The number of benzene rings is 2. The first-order valence-electron chi connectivity index (χ1n) is 9.40. The van der Waals surface area contributed by atoms with Crippen LogP contribution in [0, 0.1) is 40.0 Å². The van der Waals surface area contributed by atoms with Gasteiger partial charge in [0, 0.05) is 17.0 Å². The van der Waals surface area contributed by atoms with Crippen molar-refractivity contribution in [3.63, 3.8) is 0 Å². The molecule has 1 aromatic heterocycles. The van der Waals surface area contributed by atoms with Crippen molar-refractivity contribution in [2.45, 2.75) is 34.2 Å². The minimum atomic E-state index is 0.495. The Morgan fingerprint density at radius 2 is 1.86 bits per heavy atom. The second kappa shape index (κ2) is 8.90. The van der Waals surface area contributed by atoms with E-state index in [4.69, 9.17) is 27.7 Å². The minimum absolute atomic E-state index is 0.495. The Morgan fingerprint density at radius 1 is 1.10 bits per heavy atom. The van der Waals surface area contributed by atoms with Gasteiger partial charge in [-0.1, -0.05) is 35.7 Å². The van der Waals surface area contributed by atoms with Crippen LogP contribution in [0.3, 0.4) is 0 Å². The first-order valence-corrected chi connectivity index (χ1v) is 10.6. The van der Waals surface area contributed by atoms with Crippen LogP contribution < -0.4 is 9.64 Å². The number of hydrogen-bond donors (Lipinski definition) is 0. The number of halogens is 1. The summed E-state index contributed by atoms with van der Waals surface area (Å²) in [6, 6.07) is 10.4. The largest absolute Gasteiger partial charge is 0.496 e. The van der Waals surface area contributed by atoms with Crippen molar-refractivity contribution in [1.29, 1.82) is 0 Å². The van der Waals surface area contributed by atoms with Gasteiger partial charge in [-0.3, -0.25) is 0 Å². The number of terminal acetylenes is 1. The summed E-state index contributed by atoms with van der Waals surface area (Å²) < 4.78 is 5.37. The molecule has 0 spiro atoms. The Hall–Kier alpha value is -2.48. The number of methoxy groups -OCH3 is 1. The van der Waals surface area contributed by atoms with E-state index < -0.39 is 0 Å². The lowest BCUT2D eigenvalue weighted by molar-refractivity contribution is 0.412. The molecule has 0 unspecified atom stereocenters. The lowest BCUT2D eigenvalue weighted by Gasteiger charge is -2.20. The molecule has 3 rings (SSSR count). The van der Waals surface area contributed by atoms with Crippen LogP contribution in [0.2, 0.25) is 5.02 Å². The summed E-state index contributed by atoms with van der Waals surface area (Å²) in [5.74, 6) is 3.54. The summed E-state index contributed by atoms with van der Waals surface area (Å²) in [6.07, 6.45) is 5.66. The fraction of sp³-hybridized carbons (Fsp3) is 0.292. The third-order valence-electron chi connectivity index (χ3n) is 5.02. The summed E-state index contributed by atoms with van der Waals surface area (Å²) >= 11 is 8.18. The number of nitrogens with zero attached hydrogens (tertiary/aromatic N) is 2. The van der Waals surface area contributed by atoms with Gasteiger partial charge >= 0.3 is 0 Å². The lowest BCUT2D eigenvalue weighted by Crippen LogP contribution is -2.22. The van der Waals surface area contributed by atoms with E-state index in [1.807, 2.05) is 19.1 Å².